The minimum absolute atomic E-state index is 0.344. The zero-order valence-corrected chi connectivity index (χ0v) is 12.6. The number of carboxylic acid groups (broad SMARTS) is 1. The first-order chi connectivity index (χ1) is 10.7. The molecule has 0 saturated carbocycles. The van der Waals surface area contributed by atoms with Gasteiger partial charge in [0.15, 0.2) is 0 Å². The maximum absolute atomic E-state index is 11.1. The minimum atomic E-state index is -0.879. The Balaban J connectivity index is 1.75. The van der Waals surface area contributed by atoms with E-state index in [0.717, 1.165) is 37.4 Å². The molecule has 3 rings (SSSR count). The van der Waals surface area contributed by atoms with Gasteiger partial charge in [-0.1, -0.05) is 24.3 Å². The lowest BCUT2D eigenvalue weighted by atomic mass is 9.98. The van der Waals surface area contributed by atoms with Crippen LogP contribution >= 0.6 is 0 Å². The van der Waals surface area contributed by atoms with Crippen LogP contribution in [0.2, 0.25) is 0 Å². The molecule has 0 saturated heterocycles. The summed E-state index contributed by atoms with van der Waals surface area (Å²) in [5, 5.41) is 9.08. The molecule has 0 unspecified atom stereocenters. The lowest BCUT2D eigenvalue weighted by molar-refractivity contribution is 0.0696. The van der Waals surface area contributed by atoms with Gasteiger partial charge in [0.2, 0.25) is 0 Å². The van der Waals surface area contributed by atoms with Crippen LogP contribution in [0.25, 0.3) is 0 Å². The first-order valence-corrected chi connectivity index (χ1v) is 7.36. The third-order valence-electron chi connectivity index (χ3n) is 4.10. The molecule has 0 atom stereocenters. The number of nitrogens with zero attached hydrogens (tertiary/aromatic N) is 1. The molecular weight excluding hydrogens is 278 g/mol. The number of ether oxygens (including phenoxy) is 1. The highest BCUT2D eigenvalue weighted by molar-refractivity contribution is 5.87. The van der Waals surface area contributed by atoms with Gasteiger partial charge in [0, 0.05) is 19.6 Å². The van der Waals surface area contributed by atoms with Gasteiger partial charge in [-0.2, -0.15) is 0 Å². The second-order valence-corrected chi connectivity index (χ2v) is 5.56. The average molecular weight is 297 g/mol. The summed E-state index contributed by atoms with van der Waals surface area (Å²) in [6.07, 6.45) is 0.956. The second-order valence-electron chi connectivity index (χ2n) is 5.56. The van der Waals surface area contributed by atoms with Crippen molar-refractivity contribution in [1.82, 2.24) is 4.90 Å². The Bertz CT molecular complexity index is 696. The number of hydrogen-bond acceptors (Lipinski definition) is 3. The third kappa shape index (κ3) is 2.97. The van der Waals surface area contributed by atoms with E-state index in [-0.39, 0.29) is 0 Å². The number of carboxylic acids is 1. The highest BCUT2D eigenvalue weighted by atomic mass is 16.5. The smallest absolute Gasteiger partial charge is 0.335 e. The SMILES string of the molecule is COc1cccc2c1CCN(Cc1cccc(C(=O)O)c1)C2. The first-order valence-electron chi connectivity index (χ1n) is 7.36. The molecule has 4 nitrogen and oxygen atoms in total. The van der Waals surface area contributed by atoms with Crippen molar-refractivity contribution in [3.63, 3.8) is 0 Å². The summed E-state index contributed by atoms with van der Waals surface area (Å²) in [6, 6.07) is 13.3. The van der Waals surface area contributed by atoms with Crippen molar-refractivity contribution in [2.75, 3.05) is 13.7 Å². The fourth-order valence-corrected chi connectivity index (χ4v) is 3.02. The number of fused-ring (bicyclic) bond motifs is 1. The number of benzene rings is 2. The normalized spacial score (nSPS) is 14.4. The van der Waals surface area contributed by atoms with Crippen LogP contribution in [-0.2, 0) is 19.5 Å². The van der Waals surface area contributed by atoms with Gasteiger partial charge in [-0.05, 0) is 41.3 Å². The maximum Gasteiger partial charge on any atom is 0.335 e. The minimum Gasteiger partial charge on any atom is -0.496 e. The van der Waals surface area contributed by atoms with Crippen LogP contribution in [0.1, 0.15) is 27.0 Å². The number of carbonyl (C=O) groups is 1. The van der Waals surface area contributed by atoms with E-state index in [9.17, 15) is 4.79 Å². The Hall–Kier alpha value is -2.33. The average Bonchev–Trinajstić information content (AvgIpc) is 2.54. The highest BCUT2D eigenvalue weighted by Crippen LogP contribution is 2.28. The second kappa shape index (κ2) is 6.20. The first kappa shape index (κ1) is 14.6. The summed E-state index contributed by atoms with van der Waals surface area (Å²) in [7, 11) is 1.71. The molecule has 22 heavy (non-hydrogen) atoms. The van der Waals surface area contributed by atoms with E-state index in [1.807, 2.05) is 18.2 Å². The molecule has 1 heterocycles. The van der Waals surface area contributed by atoms with E-state index < -0.39 is 5.97 Å². The standard InChI is InChI=1S/C18H19NO3/c1-22-17-7-3-6-15-12-19(9-8-16(15)17)11-13-4-2-5-14(10-13)18(20)21/h2-7,10H,8-9,11-12H2,1H3,(H,20,21). The monoisotopic (exact) mass is 297 g/mol. The van der Waals surface area contributed by atoms with Gasteiger partial charge in [0.1, 0.15) is 5.75 Å². The Labute approximate surface area is 130 Å². The molecular formula is C18H19NO3. The van der Waals surface area contributed by atoms with Gasteiger partial charge in [0.05, 0.1) is 12.7 Å². The molecule has 1 aliphatic heterocycles. The maximum atomic E-state index is 11.1. The summed E-state index contributed by atoms with van der Waals surface area (Å²) in [4.78, 5) is 13.4. The number of rotatable bonds is 4. The van der Waals surface area contributed by atoms with Crippen LogP contribution < -0.4 is 4.74 Å². The lowest BCUT2D eigenvalue weighted by Crippen LogP contribution is -2.30. The van der Waals surface area contributed by atoms with Gasteiger partial charge >= 0.3 is 5.97 Å². The predicted molar refractivity (Wildman–Crippen MR) is 84.2 cm³/mol. The Morgan fingerprint density at radius 1 is 1.27 bits per heavy atom. The molecule has 1 N–H and O–H groups in total. The zero-order valence-electron chi connectivity index (χ0n) is 12.6. The van der Waals surface area contributed by atoms with Crippen LogP contribution in [0.4, 0.5) is 0 Å². The fourth-order valence-electron chi connectivity index (χ4n) is 3.02. The molecule has 0 aromatic heterocycles. The van der Waals surface area contributed by atoms with Gasteiger partial charge in [0.25, 0.3) is 0 Å². The predicted octanol–water partition coefficient (Wildman–Crippen LogP) is 2.95. The molecule has 1 aliphatic rings. The van der Waals surface area contributed by atoms with E-state index in [4.69, 9.17) is 9.84 Å². The van der Waals surface area contributed by atoms with Crippen LogP contribution in [-0.4, -0.2) is 29.6 Å². The molecule has 2 aromatic carbocycles. The van der Waals surface area contributed by atoms with Crippen LogP contribution in [0, 0.1) is 0 Å². The van der Waals surface area contributed by atoms with Gasteiger partial charge < -0.3 is 9.84 Å². The van der Waals surface area contributed by atoms with Crippen molar-refractivity contribution in [1.29, 1.82) is 0 Å². The molecule has 114 valence electrons. The van der Waals surface area contributed by atoms with Crippen molar-refractivity contribution in [3.8, 4) is 5.75 Å². The van der Waals surface area contributed by atoms with Crippen molar-refractivity contribution < 1.29 is 14.6 Å². The lowest BCUT2D eigenvalue weighted by Gasteiger charge is -2.29. The molecule has 0 radical (unpaired) electrons. The summed E-state index contributed by atoms with van der Waals surface area (Å²) in [5.41, 5.74) is 3.96. The summed E-state index contributed by atoms with van der Waals surface area (Å²) < 4.78 is 5.42. The Kier molecular flexibility index (Phi) is 4.11. The van der Waals surface area contributed by atoms with Crippen LogP contribution in [0.3, 0.4) is 0 Å². The van der Waals surface area contributed by atoms with E-state index in [2.05, 4.69) is 11.0 Å². The van der Waals surface area contributed by atoms with E-state index in [0.29, 0.717) is 5.56 Å². The van der Waals surface area contributed by atoms with E-state index in [1.54, 1.807) is 25.3 Å². The Morgan fingerprint density at radius 2 is 2.09 bits per heavy atom. The number of aromatic carboxylic acids is 1. The van der Waals surface area contributed by atoms with Gasteiger partial charge in [-0.15, -0.1) is 0 Å². The third-order valence-corrected chi connectivity index (χ3v) is 4.10. The van der Waals surface area contributed by atoms with Crippen molar-refractivity contribution in [3.05, 3.63) is 64.7 Å². The van der Waals surface area contributed by atoms with Crippen LogP contribution in [0.5, 0.6) is 5.75 Å². The molecule has 0 bridgehead atoms. The molecule has 0 spiro atoms. The quantitative estimate of drug-likeness (QED) is 0.942. The number of hydrogen-bond donors (Lipinski definition) is 1. The largest absolute Gasteiger partial charge is 0.496 e. The highest BCUT2D eigenvalue weighted by Gasteiger charge is 2.19. The Morgan fingerprint density at radius 3 is 2.86 bits per heavy atom. The van der Waals surface area contributed by atoms with Crippen molar-refractivity contribution in [2.45, 2.75) is 19.5 Å². The molecule has 0 aliphatic carbocycles. The summed E-state index contributed by atoms with van der Waals surface area (Å²) in [6.45, 7) is 2.58. The zero-order chi connectivity index (χ0) is 15.5. The van der Waals surface area contributed by atoms with Gasteiger partial charge in [-0.3, -0.25) is 4.90 Å². The molecule has 0 amide bonds. The van der Waals surface area contributed by atoms with Crippen LogP contribution in [0.15, 0.2) is 42.5 Å². The fraction of sp³-hybridized carbons (Fsp3) is 0.278. The van der Waals surface area contributed by atoms with E-state index in [1.165, 1.54) is 11.1 Å². The van der Waals surface area contributed by atoms with Crippen molar-refractivity contribution >= 4 is 5.97 Å². The molecule has 0 fully saturated rings. The van der Waals surface area contributed by atoms with E-state index >= 15 is 0 Å². The molecule has 2 aromatic rings. The van der Waals surface area contributed by atoms with Crippen molar-refractivity contribution in [2.24, 2.45) is 0 Å². The summed E-state index contributed by atoms with van der Waals surface area (Å²) in [5.74, 6) is 0.0839. The summed E-state index contributed by atoms with van der Waals surface area (Å²) >= 11 is 0. The van der Waals surface area contributed by atoms with Gasteiger partial charge in [-0.25, -0.2) is 4.79 Å². The number of methoxy groups -OCH3 is 1. The molecule has 4 heteroatoms. The topological polar surface area (TPSA) is 49.8 Å².